The molecule has 2 unspecified atom stereocenters. The molecule has 0 bridgehead atoms. The van der Waals surface area contributed by atoms with E-state index >= 15 is 0 Å². The van der Waals surface area contributed by atoms with Crippen molar-refractivity contribution in [1.82, 2.24) is 10.2 Å². The van der Waals surface area contributed by atoms with Crippen LogP contribution in [0.15, 0.2) is 0 Å². The summed E-state index contributed by atoms with van der Waals surface area (Å²) in [5, 5.41) is 3.81. The minimum atomic E-state index is 0.720. The molecule has 2 heteroatoms. The molecule has 1 heterocycles. The van der Waals surface area contributed by atoms with E-state index in [1.807, 2.05) is 0 Å². The zero-order valence-corrected chi connectivity index (χ0v) is 12.5. The first-order chi connectivity index (χ1) is 8.75. The number of rotatable bonds is 4. The topological polar surface area (TPSA) is 15.3 Å². The Hall–Kier alpha value is -0.0800. The lowest BCUT2D eigenvalue weighted by atomic mass is 9.95. The van der Waals surface area contributed by atoms with Crippen LogP contribution < -0.4 is 5.32 Å². The largest absolute Gasteiger partial charge is 0.312 e. The van der Waals surface area contributed by atoms with Crippen LogP contribution in [0.5, 0.6) is 0 Å². The van der Waals surface area contributed by atoms with E-state index in [-0.39, 0.29) is 0 Å². The molecule has 2 aliphatic rings. The van der Waals surface area contributed by atoms with E-state index in [0.29, 0.717) is 0 Å². The van der Waals surface area contributed by atoms with Gasteiger partial charge in [0.25, 0.3) is 0 Å². The summed E-state index contributed by atoms with van der Waals surface area (Å²) in [6, 6.07) is 1.53. The smallest absolute Gasteiger partial charge is 0.0192 e. The van der Waals surface area contributed by atoms with Crippen LogP contribution in [0.1, 0.15) is 65.2 Å². The monoisotopic (exact) mass is 252 g/mol. The van der Waals surface area contributed by atoms with Crippen molar-refractivity contribution in [2.75, 3.05) is 19.6 Å². The second kappa shape index (κ2) is 7.49. The third-order valence-electron chi connectivity index (χ3n) is 4.98. The average molecular weight is 252 g/mol. The van der Waals surface area contributed by atoms with Crippen molar-refractivity contribution in [3.05, 3.63) is 0 Å². The summed E-state index contributed by atoms with van der Waals surface area (Å²) in [5.41, 5.74) is 0. The van der Waals surface area contributed by atoms with Crippen molar-refractivity contribution in [2.45, 2.75) is 77.3 Å². The van der Waals surface area contributed by atoms with E-state index in [4.69, 9.17) is 0 Å². The van der Waals surface area contributed by atoms with Gasteiger partial charge in [-0.2, -0.15) is 0 Å². The number of nitrogens with zero attached hydrogens (tertiary/aromatic N) is 1. The van der Waals surface area contributed by atoms with Crippen LogP contribution in [0.3, 0.4) is 0 Å². The average Bonchev–Trinajstić information content (AvgIpc) is 2.62. The Balaban J connectivity index is 1.68. The molecule has 2 atom stereocenters. The molecule has 1 aliphatic carbocycles. The van der Waals surface area contributed by atoms with E-state index in [2.05, 4.69) is 24.1 Å². The van der Waals surface area contributed by atoms with Gasteiger partial charge in [0, 0.05) is 18.6 Å². The minimum absolute atomic E-state index is 0.720. The molecule has 0 amide bonds. The maximum absolute atomic E-state index is 3.81. The molecule has 2 nitrogen and oxygen atoms in total. The molecular weight excluding hydrogens is 220 g/mol. The summed E-state index contributed by atoms with van der Waals surface area (Å²) in [6.07, 6.45) is 11.4. The molecule has 2 rings (SSSR count). The number of hydrogen-bond donors (Lipinski definition) is 1. The summed E-state index contributed by atoms with van der Waals surface area (Å²) in [5.74, 6) is 0.938. The molecule has 2 fully saturated rings. The molecule has 1 saturated carbocycles. The third-order valence-corrected chi connectivity index (χ3v) is 4.98. The fraction of sp³-hybridized carbons (Fsp3) is 1.00. The molecule has 0 spiro atoms. The van der Waals surface area contributed by atoms with E-state index < -0.39 is 0 Å². The maximum atomic E-state index is 3.81. The first-order valence-electron chi connectivity index (χ1n) is 8.23. The van der Waals surface area contributed by atoms with E-state index in [0.717, 1.165) is 18.0 Å². The van der Waals surface area contributed by atoms with Crippen molar-refractivity contribution in [2.24, 2.45) is 5.92 Å². The maximum Gasteiger partial charge on any atom is 0.0192 e. The van der Waals surface area contributed by atoms with Gasteiger partial charge in [-0.25, -0.2) is 0 Å². The molecule has 1 N–H and O–H groups in total. The van der Waals surface area contributed by atoms with Crippen LogP contribution in [0.2, 0.25) is 0 Å². The summed E-state index contributed by atoms with van der Waals surface area (Å²) in [7, 11) is 0. The molecule has 0 aromatic rings. The lowest BCUT2D eigenvalue weighted by molar-refractivity contribution is 0.201. The summed E-state index contributed by atoms with van der Waals surface area (Å²) >= 11 is 0. The highest BCUT2D eigenvalue weighted by molar-refractivity contribution is 4.78. The van der Waals surface area contributed by atoms with Gasteiger partial charge in [0.15, 0.2) is 0 Å². The standard InChI is InChI=1S/C16H32N2/c1-14-7-6-11-18(12-10-14)15(2)13-17-16-8-4-3-5-9-16/h14-17H,3-13H2,1-2H3. The predicted octanol–water partition coefficient (Wildman–Crippen LogP) is 3.42. The summed E-state index contributed by atoms with van der Waals surface area (Å²) in [6.45, 7) is 8.64. The Bertz CT molecular complexity index is 223. The lowest BCUT2D eigenvalue weighted by Gasteiger charge is -2.31. The van der Waals surface area contributed by atoms with Crippen LogP contribution >= 0.6 is 0 Å². The Morgan fingerprint density at radius 1 is 1.00 bits per heavy atom. The van der Waals surface area contributed by atoms with Crippen molar-refractivity contribution >= 4 is 0 Å². The number of hydrogen-bond acceptors (Lipinski definition) is 2. The van der Waals surface area contributed by atoms with Crippen LogP contribution in [0.4, 0.5) is 0 Å². The van der Waals surface area contributed by atoms with Crippen LogP contribution in [-0.4, -0.2) is 36.6 Å². The van der Waals surface area contributed by atoms with Crippen LogP contribution in [-0.2, 0) is 0 Å². The third kappa shape index (κ3) is 4.55. The van der Waals surface area contributed by atoms with Crippen molar-refractivity contribution in [1.29, 1.82) is 0 Å². The van der Waals surface area contributed by atoms with E-state index in [1.54, 1.807) is 0 Å². The molecule has 106 valence electrons. The Kier molecular flexibility index (Phi) is 5.97. The van der Waals surface area contributed by atoms with Gasteiger partial charge in [-0.15, -0.1) is 0 Å². The van der Waals surface area contributed by atoms with Gasteiger partial charge in [0.2, 0.25) is 0 Å². The molecule has 0 aromatic heterocycles. The van der Waals surface area contributed by atoms with Gasteiger partial charge in [-0.05, 0) is 58.0 Å². The Morgan fingerprint density at radius 3 is 2.56 bits per heavy atom. The summed E-state index contributed by atoms with van der Waals surface area (Å²) < 4.78 is 0. The molecule has 0 aromatic carbocycles. The molecule has 18 heavy (non-hydrogen) atoms. The van der Waals surface area contributed by atoms with Crippen molar-refractivity contribution in [3.8, 4) is 0 Å². The Morgan fingerprint density at radius 2 is 1.78 bits per heavy atom. The van der Waals surface area contributed by atoms with Crippen molar-refractivity contribution in [3.63, 3.8) is 0 Å². The Labute approximate surface area is 114 Å². The highest BCUT2D eigenvalue weighted by atomic mass is 15.2. The highest BCUT2D eigenvalue weighted by Gasteiger charge is 2.20. The first kappa shape index (κ1) is 14.3. The minimum Gasteiger partial charge on any atom is -0.312 e. The van der Waals surface area contributed by atoms with Gasteiger partial charge >= 0.3 is 0 Å². The van der Waals surface area contributed by atoms with Gasteiger partial charge in [-0.1, -0.05) is 26.2 Å². The fourth-order valence-corrected chi connectivity index (χ4v) is 3.50. The molecular formula is C16H32N2. The van der Waals surface area contributed by atoms with Gasteiger partial charge in [-0.3, -0.25) is 4.90 Å². The van der Waals surface area contributed by atoms with Gasteiger partial charge in [0.1, 0.15) is 0 Å². The number of nitrogens with one attached hydrogen (secondary N) is 1. The highest BCUT2D eigenvalue weighted by Crippen LogP contribution is 2.19. The zero-order valence-electron chi connectivity index (χ0n) is 12.5. The number of likely N-dealkylation sites (tertiary alicyclic amines) is 1. The SMILES string of the molecule is CC1CCCN(C(C)CNC2CCCCC2)CC1. The van der Waals surface area contributed by atoms with Crippen LogP contribution in [0, 0.1) is 5.92 Å². The lowest BCUT2D eigenvalue weighted by Crippen LogP contribution is -2.44. The second-order valence-corrected chi connectivity index (χ2v) is 6.66. The molecule has 1 aliphatic heterocycles. The zero-order chi connectivity index (χ0) is 12.8. The second-order valence-electron chi connectivity index (χ2n) is 6.66. The van der Waals surface area contributed by atoms with E-state index in [9.17, 15) is 0 Å². The molecule has 0 radical (unpaired) electrons. The van der Waals surface area contributed by atoms with E-state index in [1.165, 1.54) is 71.0 Å². The first-order valence-corrected chi connectivity index (χ1v) is 8.23. The van der Waals surface area contributed by atoms with Gasteiger partial charge in [0.05, 0.1) is 0 Å². The van der Waals surface area contributed by atoms with Crippen LogP contribution in [0.25, 0.3) is 0 Å². The van der Waals surface area contributed by atoms with Gasteiger partial charge < -0.3 is 5.32 Å². The molecule has 1 saturated heterocycles. The van der Waals surface area contributed by atoms with Crippen molar-refractivity contribution < 1.29 is 0 Å². The predicted molar refractivity (Wildman–Crippen MR) is 78.9 cm³/mol. The fourth-order valence-electron chi connectivity index (χ4n) is 3.50. The summed E-state index contributed by atoms with van der Waals surface area (Å²) in [4.78, 5) is 2.71. The quantitative estimate of drug-likeness (QED) is 0.825. The normalized spacial score (nSPS) is 30.0.